The summed E-state index contributed by atoms with van der Waals surface area (Å²) >= 11 is 5.96. The molecule has 1 heterocycles. The number of anilines is 1. The van der Waals surface area contributed by atoms with Crippen LogP contribution in [-0.2, 0) is 9.59 Å². The van der Waals surface area contributed by atoms with Crippen LogP contribution in [0, 0.1) is 5.92 Å². The van der Waals surface area contributed by atoms with Crippen LogP contribution in [0.3, 0.4) is 0 Å². The SMILES string of the molecule is CC(CN(C)C1CCN(c2cccc(Cl)c2)C1=O)C(=O)O. The highest BCUT2D eigenvalue weighted by Gasteiger charge is 2.36. The van der Waals surface area contributed by atoms with Crippen molar-refractivity contribution < 1.29 is 14.7 Å². The highest BCUT2D eigenvalue weighted by atomic mass is 35.5. The van der Waals surface area contributed by atoms with Gasteiger partial charge in [0.15, 0.2) is 0 Å². The van der Waals surface area contributed by atoms with Crippen molar-refractivity contribution in [1.29, 1.82) is 0 Å². The number of amides is 1. The fourth-order valence-electron chi connectivity index (χ4n) is 2.61. The van der Waals surface area contributed by atoms with E-state index in [1.165, 1.54) is 0 Å². The molecule has 1 aliphatic heterocycles. The third-order valence-electron chi connectivity index (χ3n) is 3.81. The molecule has 5 nitrogen and oxygen atoms in total. The number of hydrogen-bond acceptors (Lipinski definition) is 3. The van der Waals surface area contributed by atoms with Crippen molar-refractivity contribution in [3.63, 3.8) is 0 Å². The summed E-state index contributed by atoms with van der Waals surface area (Å²) in [5, 5.41) is 9.56. The number of aliphatic carboxylic acids is 1. The second kappa shape index (κ2) is 6.45. The number of hydrogen-bond donors (Lipinski definition) is 1. The second-order valence-electron chi connectivity index (χ2n) is 5.45. The number of nitrogens with zero attached hydrogens (tertiary/aromatic N) is 2. The van der Waals surface area contributed by atoms with Crippen LogP contribution in [0.25, 0.3) is 0 Å². The number of carboxylic acids is 1. The van der Waals surface area contributed by atoms with Gasteiger partial charge in [-0.05, 0) is 31.7 Å². The molecule has 1 N–H and O–H groups in total. The molecular formula is C15H19ClN2O3. The van der Waals surface area contributed by atoms with E-state index < -0.39 is 11.9 Å². The molecule has 6 heteroatoms. The Morgan fingerprint density at radius 3 is 2.90 bits per heavy atom. The van der Waals surface area contributed by atoms with Gasteiger partial charge in [-0.3, -0.25) is 14.5 Å². The molecule has 0 aliphatic carbocycles. The van der Waals surface area contributed by atoms with Gasteiger partial charge >= 0.3 is 5.97 Å². The third-order valence-corrected chi connectivity index (χ3v) is 4.05. The molecule has 1 fully saturated rings. The average Bonchev–Trinajstić information content (AvgIpc) is 2.80. The zero-order valence-electron chi connectivity index (χ0n) is 12.1. The molecule has 1 amide bonds. The number of likely N-dealkylation sites (N-methyl/N-ethyl adjacent to an activating group) is 1. The second-order valence-corrected chi connectivity index (χ2v) is 5.89. The monoisotopic (exact) mass is 310 g/mol. The first-order chi connectivity index (χ1) is 9.90. The van der Waals surface area contributed by atoms with Gasteiger partial charge in [0.1, 0.15) is 0 Å². The Bertz CT molecular complexity index is 549. The minimum Gasteiger partial charge on any atom is -0.481 e. The number of carbonyl (C=O) groups excluding carboxylic acids is 1. The Morgan fingerprint density at radius 1 is 1.57 bits per heavy atom. The fraction of sp³-hybridized carbons (Fsp3) is 0.467. The van der Waals surface area contributed by atoms with Gasteiger partial charge in [-0.25, -0.2) is 0 Å². The van der Waals surface area contributed by atoms with E-state index in [0.29, 0.717) is 24.5 Å². The maximum atomic E-state index is 12.5. The molecule has 0 aromatic heterocycles. The smallest absolute Gasteiger partial charge is 0.307 e. The lowest BCUT2D eigenvalue weighted by molar-refractivity contribution is -0.142. The number of carbonyl (C=O) groups is 2. The fourth-order valence-corrected chi connectivity index (χ4v) is 2.80. The van der Waals surface area contributed by atoms with Gasteiger partial charge in [-0.15, -0.1) is 0 Å². The number of carboxylic acid groups (broad SMARTS) is 1. The predicted octanol–water partition coefficient (Wildman–Crippen LogP) is 2.10. The van der Waals surface area contributed by atoms with Crippen LogP contribution >= 0.6 is 11.6 Å². The Balaban J connectivity index is 2.06. The van der Waals surface area contributed by atoms with E-state index in [1.807, 2.05) is 17.0 Å². The zero-order chi connectivity index (χ0) is 15.6. The van der Waals surface area contributed by atoms with Crippen LogP contribution in [0.4, 0.5) is 5.69 Å². The topological polar surface area (TPSA) is 60.9 Å². The summed E-state index contributed by atoms with van der Waals surface area (Å²) in [5.74, 6) is -1.35. The first kappa shape index (κ1) is 15.8. The molecule has 114 valence electrons. The molecule has 2 rings (SSSR count). The van der Waals surface area contributed by atoms with E-state index in [4.69, 9.17) is 16.7 Å². The summed E-state index contributed by atoms with van der Waals surface area (Å²) in [6.07, 6.45) is 0.689. The maximum Gasteiger partial charge on any atom is 0.307 e. The van der Waals surface area contributed by atoms with Gasteiger partial charge in [-0.2, -0.15) is 0 Å². The molecule has 1 saturated heterocycles. The molecule has 1 aliphatic rings. The molecule has 1 aromatic rings. The van der Waals surface area contributed by atoms with Crippen LogP contribution in [-0.4, -0.2) is 48.1 Å². The van der Waals surface area contributed by atoms with Gasteiger partial charge in [-0.1, -0.05) is 24.6 Å². The van der Waals surface area contributed by atoms with Crippen LogP contribution < -0.4 is 4.90 Å². The molecule has 0 spiro atoms. The largest absolute Gasteiger partial charge is 0.481 e. The van der Waals surface area contributed by atoms with Crippen LogP contribution in [0.5, 0.6) is 0 Å². The summed E-state index contributed by atoms with van der Waals surface area (Å²) in [4.78, 5) is 27.0. The minimum absolute atomic E-state index is 0.00245. The molecule has 0 bridgehead atoms. The normalized spacial score (nSPS) is 20.1. The Morgan fingerprint density at radius 2 is 2.29 bits per heavy atom. The Labute approximate surface area is 129 Å². The lowest BCUT2D eigenvalue weighted by Gasteiger charge is -2.25. The van der Waals surface area contributed by atoms with E-state index in [0.717, 1.165) is 5.69 Å². The summed E-state index contributed by atoms with van der Waals surface area (Å²) in [7, 11) is 1.80. The Kier molecular flexibility index (Phi) is 4.85. The van der Waals surface area contributed by atoms with Crippen molar-refractivity contribution in [3.05, 3.63) is 29.3 Å². The van der Waals surface area contributed by atoms with Crippen molar-refractivity contribution in [3.8, 4) is 0 Å². The molecule has 0 radical (unpaired) electrons. The summed E-state index contributed by atoms with van der Waals surface area (Å²) in [5.41, 5.74) is 0.787. The quantitative estimate of drug-likeness (QED) is 0.904. The van der Waals surface area contributed by atoms with E-state index in [9.17, 15) is 9.59 Å². The number of halogens is 1. The first-order valence-corrected chi connectivity index (χ1v) is 7.28. The number of rotatable bonds is 5. The van der Waals surface area contributed by atoms with Gasteiger partial charge in [0.25, 0.3) is 0 Å². The van der Waals surface area contributed by atoms with Crippen molar-refractivity contribution in [2.45, 2.75) is 19.4 Å². The van der Waals surface area contributed by atoms with Gasteiger partial charge < -0.3 is 10.0 Å². The summed E-state index contributed by atoms with van der Waals surface area (Å²) < 4.78 is 0. The lowest BCUT2D eigenvalue weighted by Crippen LogP contribution is -2.42. The van der Waals surface area contributed by atoms with Gasteiger partial charge in [0, 0.05) is 23.8 Å². The molecule has 2 unspecified atom stereocenters. The van der Waals surface area contributed by atoms with Crippen molar-refractivity contribution in [2.24, 2.45) is 5.92 Å². The average molecular weight is 311 g/mol. The standard InChI is InChI=1S/C15H19ClN2O3/c1-10(15(20)21)9-17(2)13-6-7-18(14(13)19)12-5-3-4-11(16)8-12/h3-5,8,10,13H,6-7,9H2,1-2H3,(H,20,21). The molecule has 2 atom stereocenters. The van der Waals surface area contributed by atoms with Crippen molar-refractivity contribution >= 4 is 29.2 Å². The van der Waals surface area contributed by atoms with E-state index in [1.54, 1.807) is 31.0 Å². The zero-order valence-corrected chi connectivity index (χ0v) is 12.9. The predicted molar refractivity (Wildman–Crippen MR) is 81.6 cm³/mol. The summed E-state index contributed by atoms with van der Waals surface area (Å²) in [6.45, 7) is 2.62. The third kappa shape index (κ3) is 3.54. The van der Waals surface area contributed by atoms with Crippen molar-refractivity contribution in [1.82, 2.24) is 4.90 Å². The first-order valence-electron chi connectivity index (χ1n) is 6.90. The van der Waals surface area contributed by atoms with Crippen LogP contribution in [0.2, 0.25) is 5.02 Å². The number of benzene rings is 1. The highest BCUT2D eigenvalue weighted by molar-refractivity contribution is 6.30. The van der Waals surface area contributed by atoms with Crippen LogP contribution in [0.1, 0.15) is 13.3 Å². The van der Waals surface area contributed by atoms with Crippen molar-refractivity contribution in [2.75, 3.05) is 25.0 Å². The van der Waals surface area contributed by atoms with E-state index >= 15 is 0 Å². The van der Waals surface area contributed by atoms with E-state index in [2.05, 4.69) is 0 Å². The van der Waals surface area contributed by atoms with Gasteiger partial charge in [0.2, 0.25) is 5.91 Å². The van der Waals surface area contributed by atoms with Gasteiger partial charge in [0.05, 0.1) is 12.0 Å². The highest BCUT2D eigenvalue weighted by Crippen LogP contribution is 2.26. The molecular weight excluding hydrogens is 292 g/mol. The summed E-state index contributed by atoms with van der Waals surface area (Å²) in [6, 6.07) is 6.93. The molecule has 21 heavy (non-hydrogen) atoms. The lowest BCUT2D eigenvalue weighted by atomic mass is 10.1. The minimum atomic E-state index is -0.848. The molecule has 0 saturated carbocycles. The van der Waals surface area contributed by atoms with E-state index in [-0.39, 0.29) is 11.9 Å². The maximum absolute atomic E-state index is 12.5. The molecule has 1 aromatic carbocycles. The van der Waals surface area contributed by atoms with Crippen LogP contribution in [0.15, 0.2) is 24.3 Å². The Hall–Kier alpha value is -1.59.